The highest BCUT2D eigenvalue weighted by Gasteiger charge is 2.28. The summed E-state index contributed by atoms with van der Waals surface area (Å²) in [5.41, 5.74) is 19.6. The third-order valence-corrected chi connectivity index (χ3v) is 12.1. The summed E-state index contributed by atoms with van der Waals surface area (Å²) < 4.78 is 4.75. The van der Waals surface area contributed by atoms with Crippen LogP contribution in [-0.2, 0) is 45.9 Å². The SMILES string of the molecule is Cc1c(Cc2cc(C)[n+](Cc3ccc(CN4/C(=N/N=C5\Cc6ccccc6N5Cc5ccccc5)Cc5ccccc54)cc3)c(C)c2C)cc(C)[n+](C)c1C. The molecule has 6 heteroatoms. The zero-order chi connectivity index (χ0) is 38.2. The number of para-hydroxylation sites is 2. The van der Waals surface area contributed by atoms with Crippen LogP contribution in [-0.4, -0.2) is 11.7 Å². The Hall–Kier alpha value is -5.88. The molecule has 6 nitrogen and oxygen atoms in total. The van der Waals surface area contributed by atoms with E-state index in [1.807, 2.05) is 0 Å². The second-order valence-electron chi connectivity index (χ2n) is 15.5. The van der Waals surface area contributed by atoms with Crippen molar-refractivity contribution in [1.82, 2.24) is 0 Å². The number of rotatable bonds is 9. The summed E-state index contributed by atoms with van der Waals surface area (Å²) in [5, 5.41) is 10.00. The Kier molecular flexibility index (Phi) is 9.91. The molecule has 2 aromatic heterocycles. The molecule has 0 spiro atoms. The molecule has 55 heavy (non-hydrogen) atoms. The molecule has 2 aliphatic rings. The van der Waals surface area contributed by atoms with Crippen LogP contribution in [0.15, 0.2) is 125 Å². The molecular formula is C49H52N6+2. The van der Waals surface area contributed by atoms with Gasteiger partial charge in [-0.2, -0.15) is 4.57 Å². The first-order valence-corrected chi connectivity index (χ1v) is 19.6. The maximum atomic E-state index is 5.01. The molecular weight excluding hydrogens is 673 g/mol. The Morgan fingerprint density at radius 3 is 1.58 bits per heavy atom. The van der Waals surface area contributed by atoms with Crippen LogP contribution in [0.3, 0.4) is 0 Å². The van der Waals surface area contributed by atoms with E-state index in [2.05, 4.69) is 183 Å². The van der Waals surface area contributed by atoms with Gasteiger partial charge in [0.1, 0.15) is 18.7 Å². The van der Waals surface area contributed by atoms with Crippen molar-refractivity contribution >= 4 is 23.0 Å². The van der Waals surface area contributed by atoms with Gasteiger partial charge in [0.25, 0.3) is 0 Å². The second-order valence-corrected chi connectivity index (χ2v) is 15.5. The van der Waals surface area contributed by atoms with Gasteiger partial charge in [-0.1, -0.05) is 91.0 Å². The zero-order valence-electron chi connectivity index (χ0n) is 33.4. The van der Waals surface area contributed by atoms with Crippen LogP contribution in [0, 0.1) is 41.5 Å². The number of aryl methyl sites for hydroxylation is 2. The summed E-state index contributed by atoms with van der Waals surface area (Å²) >= 11 is 0. The van der Waals surface area contributed by atoms with E-state index >= 15 is 0 Å². The molecule has 0 amide bonds. The van der Waals surface area contributed by atoms with Gasteiger partial charge in [0.05, 0.1) is 0 Å². The van der Waals surface area contributed by atoms with Crippen LogP contribution in [0.5, 0.6) is 0 Å². The molecule has 2 aliphatic heterocycles. The van der Waals surface area contributed by atoms with Crippen molar-refractivity contribution < 1.29 is 9.13 Å². The van der Waals surface area contributed by atoms with Crippen LogP contribution in [0.2, 0.25) is 0 Å². The minimum absolute atomic E-state index is 0.740. The molecule has 276 valence electrons. The lowest BCUT2D eigenvalue weighted by Gasteiger charge is -2.21. The van der Waals surface area contributed by atoms with Crippen LogP contribution in [0.25, 0.3) is 0 Å². The summed E-state index contributed by atoms with van der Waals surface area (Å²) in [5.74, 6) is 1.97. The fourth-order valence-electron chi connectivity index (χ4n) is 8.34. The van der Waals surface area contributed by atoms with Gasteiger partial charge < -0.3 is 9.80 Å². The first kappa shape index (κ1) is 36.1. The fraction of sp³-hybridized carbons (Fsp3) is 0.265. The smallest absolute Gasteiger partial charge is 0.181 e. The lowest BCUT2D eigenvalue weighted by Crippen LogP contribution is -2.42. The van der Waals surface area contributed by atoms with Gasteiger partial charge >= 0.3 is 0 Å². The minimum Gasteiger partial charge on any atom is -0.323 e. The van der Waals surface area contributed by atoms with Crippen LogP contribution in [0.1, 0.15) is 72.8 Å². The zero-order valence-corrected chi connectivity index (χ0v) is 33.4. The quantitative estimate of drug-likeness (QED) is 0.111. The highest BCUT2D eigenvalue weighted by atomic mass is 15.4. The van der Waals surface area contributed by atoms with Crippen LogP contribution >= 0.6 is 0 Å². The molecule has 0 radical (unpaired) electrons. The number of hydrogen-bond acceptors (Lipinski definition) is 2. The Balaban J connectivity index is 1.02. The molecule has 0 atom stereocenters. The first-order valence-electron chi connectivity index (χ1n) is 19.6. The summed E-state index contributed by atoms with van der Waals surface area (Å²) in [7, 11) is 2.16. The van der Waals surface area contributed by atoms with Crippen molar-refractivity contribution in [3.8, 4) is 0 Å². The second kappa shape index (κ2) is 15.1. The molecule has 0 aliphatic carbocycles. The molecule has 0 N–H and O–H groups in total. The monoisotopic (exact) mass is 724 g/mol. The molecule has 0 unspecified atom stereocenters. The third-order valence-electron chi connectivity index (χ3n) is 12.1. The third kappa shape index (κ3) is 7.21. The van der Waals surface area contributed by atoms with Crippen molar-refractivity contribution in [3.63, 3.8) is 0 Å². The van der Waals surface area contributed by atoms with Gasteiger partial charge in [-0.05, 0) is 65.8 Å². The summed E-state index contributed by atoms with van der Waals surface area (Å²) in [6.07, 6.45) is 2.50. The van der Waals surface area contributed by atoms with E-state index in [-0.39, 0.29) is 0 Å². The van der Waals surface area contributed by atoms with Crippen molar-refractivity contribution in [2.75, 3.05) is 9.80 Å². The Morgan fingerprint density at radius 1 is 0.527 bits per heavy atom. The van der Waals surface area contributed by atoms with Crippen molar-refractivity contribution in [3.05, 3.63) is 188 Å². The van der Waals surface area contributed by atoms with Crippen molar-refractivity contribution in [2.45, 2.75) is 80.4 Å². The number of pyridine rings is 2. The highest BCUT2D eigenvalue weighted by Crippen LogP contribution is 2.33. The molecule has 0 saturated carbocycles. The van der Waals surface area contributed by atoms with Crippen LogP contribution in [0.4, 0.5) is 11.4 Å². The minimum atomic E-state index is 0.740. The maximum absolute atomic E-state index is 5.01. The average molecular weight is 725 g/mol. The van der Waals surface area contributed by atoms with Crippen molar-refractivity contribution in [1.29, 1.82) is 0 Å². The fourth-order valence-corrected chi connectivity index (χ4v) is 8.34. The normalized spacial score (nSPS) is 15.0. The molecule has 0 bridgehead atoms. The standard InChI is InChI=1S/C49H52N6/c1-33-25-44(35(3)37(5)52(33)7)27-45-26-34(2)53(38(6)36(45)4)30-40-21-23-41(24-22-40)32-55-47-20-14-12-18-43(47)29-49(55)51-50-48-28-42-17-11-13-19-46(42)54(48)31-39-15-9-8-10-16-39/h8-26H,27-32H2,1-7H3/q+2/b50-48+,51-49+. The topological polar surface area (TPSA) is 39.0 Å². The number of fused-ring (bicyclic) bond motifs is 2. The first-order chi connectivity index (χ1) is 26.6. The van der Waals surface area contributed by atoms with Gasteiger partial charge in [-0.3, -0.25) is 0 Å². The summed E-state index contributed by atoms with van der Waals surface area (Å²) in [6, 6.07) is 41.8. The lowest BCUT2D eigenvalue weighted by molar-refractivity contribution is -0.700. The van der Waals surface area contributed by atoms with E-state index in [9.17, 15) is 0 Å². The number of hydrogen-bond donors (Lipinski definition) is 0. The van der Waals surface area contributed by atoms with Crippen LogP contribution < -0.4 is 18.9 Å². The predicted octanol–water partition coefficient (Wildman–Crippen LogP) is 8.83. The van der Waals surface area contributed by atoms with Gasteiger partial charge in [0, 0.05) is 93.8 Å². The molecule has 4 aromatic carbocycles. The molecule has 6 aromatic rings. The van der Waals surface area contributed by atoms with Gasteiger partial charge in [0.2, 0.25) is 0 Å². The van der Waals surface area contributed by atoms with E-state index in [0.29, 0.717) is 0 Å². The van der Waals surface area contributed by atoms with E-state index in [1.165, 1.54) is 84.2 Å². The number of amidine groups is 2. The molecule has 0 saturated heterocycles. The largest absolute Gasteiger partial charge is 0.323 e. The number of nitrogens with zero attached hydrogens (tertiary/aromatic N) is 6. The molecule has 4 heterocycles. The van der Waals surface area contributed by atoms with E-state index < -0.39 is 0 Å². The summed E-state index contributed by atoms with van der Waals surface area (Å²) in [6.45, 7) is 15.8. The van der Waals surface area contributed by atoms with E-state index in [1.54, 1.807) is 0 Å². The van der Waals surface area contributed by atoms with Gasteiger partial charge in [-0.25, -0.2) is 4.57 Å². The summed E-state index contributed by atoms with van der Waals surface area (Å²) in [4.78, 5) is 4.67. The van der Waals surface area contributed by atoms with E-state index in [0.717, 1.165) is 50.6 Å². The predicted molar refractivity (Wildman–Crippen MR) is 225 cm³/mol. The lowest BCUT2D eigenvalue weighted by atomic mass is 9.95. The number of anilines is 2. The van der Waals surface area contributed by atoms with Gasteiger partial charge in [0.15, 0.2) is 29.3 Å². The highest BCUT2D eigenvalue weighted by molar-refractivity contribution is 6.07. The van der Waals surface area contributed by atoms with Crippen molar-refractivity contribution in [2.24, 2.45) is 17.3 Å². The molecule has 0 fully saturated rings. The van der Waals surface area contributed by atoms with Gasteiger partial charge in [-0.15, -0.1) is 10.2 Å². The molecule has 8 rings (SSSR count). The Labute approximate surface area is 326 Å². The Bertz CT molecular complexity index is 2460. The number of aromatic nitrogens is 2. The van der Waals surface area contributed by atoms with E-state index in [4.69, 9.17) is 10.2 Å². The maximum Gasteiger partial charge on any atom is 0.181 e. The average Bonchev–Trinajstić information content (AvgIpc) is 3.73. The number of benzene rings is 4. The Morgan fingerprint density at radius 2 is 1.00 bits per heavy atom.